The number of rotatable bonds is 8. The highest BCUT2D eigenvalue weighted by molar-refractivity contribution is 5.94. The van der Waals surface area contributed by atoms with Crippen LogP contribution in [0.15, 0.2) is 6.07 Å². The molecule has 0 aromatic carbocycles. The molecule has 0 saturated heterocycles. The maximum Gasteiger partial charge on any atom is 0.339 e. The van der Waals surface area contributed by atoms with Gasteiger partial charge in [-0.2, -0.15) is 0 Å². The van der Waals surface area contributed by atoms with Gasteiger partial charge < -0.3 is 15.3 Å². The maximum absolute atomic E-state index is 11.3. The van der Waals surface area contributed by atoms with Crippen molar-refractivity contribution in [3.63, 3.8) is 0 Å². The molecule has 1 aromatic heterocycles. The molecule has 118 valence electrons. The van der Waals surface area contributed by atoms with Crippen LogP contribution in [0.25, 0.3) is 0 Å². The number of carboxylic acids is 1. The molecule has 21 heavy (non-hydrogen) atoms. The number of aromatic nitrogens is 1. The van der Waals surface area contributed by atoms with E-state index in [1.165, 1.54) is 0 Å². The Labute approximate surface area is 127 Å². The Morgan fingerprint density at radius 3 is 2.62 bits per heavy atom. The second-order valence-electron chi connectivity index (χ2n) is 5.82. The van der Waals surface area contributed by atoms with E-state index in [9.17, 15) is 9.90 Å². The van der Waals surface area contributed by atoms with E-state index in [0.717, 1.165) is 37.2 Å². The summed E-state index contributed by atoms with van der Waals surface area (Å²) in [5.74, 6) is -0.445. The predicted octanol–water partition coefficient (Wildman–Crippen LogP) is 2.93. The first-order valence-corrected chi connectivity index (χ1v) is 7.48. The average Bonchev–Trinajstić information content (AvgIpc) is 2.36. The van der Waals surface area contributed by atoms with Crippen LogP contribution in [0.1, 0.15) is 48.3 Å². The number of aromatic carboxylic acids is 1. The Hall–Kier alpha value is -1.62. The van der Waals surface area contributed by atoms with E-state index in [1.807, 2.05) is 6.92 Å². The highest BCUT2D eigenvalue weighted by Crippen LogP contribution is 2.18. The molecule has 5 nitrogen and oxygen atoms in total. The fourth-order valence-corrected chi connectivity index (χ4v) is 2.19. The van der Waals surface area contributed by atoms with E-state index in [1.54, 1.807) is 13.0 Å². The van der Waals surface area contributed by atoms with Crippen LogP contribution in [0.2, 0.25) is 0 Å². The monoisotopic (exact) mass is 293 g/mol. The van der Waals surface area contributed by atoms with Crippen molar-refractivity contribution in [1.82, 2.24) is 9.88 Å². The zero-order valence-electron chi connectivity index (χ0n) is 13.7. The molecule has 0 saturated carbocycles. The zero-order valence-corrected chi connectivity index (χ0v) is 13.7. The van der Waals surface area contributed by atoms with Crippen LogP contribution in [0.3, 0.4) is 0 Å². The van der Waals surface area contributed by atoms with Gasteiger partial charge in [0.05, 0.1) is 0 Å². The number of carboxylic acid groups (broad SMARTS) is 1. The fraction of sp³-hybridized carbons (Fsp3) is 0.625. The summed E-state index contributed by atoms with van der Waals surface area (Å²) in [6.45, 7) is 9.82. The van der Waals surface area contributed by atoms with Crippen molar-refractivity contribution in [3.05, 3.63) is 22.9 Å². The largest absolute Gasteiger partial charge is 0.478 e. The van der Waals surface area contributed by atoms with Crippen LogP contribution >= 0.6 is 0 Å². The summed E-state index contributed by atoms with van der Waals surface area (Å²) in [6, 6.07) is 2.35. The number of nitrogens with one attached hydrogen (secondary N) is 1. The molecule has 0 aliphatic rings. The summed E-state index contributed by atoms with van der Waals surface area (Å²) >= 11 is 0. The molecule has 5 heteroatoms. The predicted molar refractivity (Wildman–Crippen MR) is 86.2 cm³/mol. The molecular weight excluding hydrogens is 266 g/mol. The van der Waals surface area contributed by atoms with Crippen molar-refractivity contribution in [2.24, 2.45) is 0 Å². The van der Waals surface area contributed by atoms with E-state index in [4.69, 9.17) is 0 Å². The van der Waals surface area contributed by atoms with E-state index in [2.05, 4.69) is 36.1 Å². The van der Waals surface area contributed by atoms with Crippen LogP contribution in [0.4, 0.5) is 5.82 Å². The maximum atomic E-state index is 11.3. The van der Waals surface area contributed by atoms with Crippen molar-refractivity contribution in [2.45, 2.75) is 46.6 Å². The molecule has 0 aliphatic heterocycles. The van der Waals surface area contributed by atoms with Gasteiger partial charge in [0.2, 0.25) is 0 Å². The quantitative estimate of drug-likeness (QED) is 0.721. The highest BCUT2D eigenvalue weighted by atomic mass is 16.4. The van der Waals surface area contributed by atoms with Crippen LogP contribution in [0, 0.1) is 13.8 Å². The van der Waals surface area contributed by atoms with Gasteiger partial charge in [0.1, 0.15) is 11.4 Å². The molecular formula is C16H27N3O2. The molecule has 0 spiro atoms. The summed E-state index contributed by atoms with van der Waals surface area (Å²) in [5.41, 5.74) is 1.86. The normalized spacial score (nSPS) is 11.2. The lowest BCUT2D eigenvalue weighted by atomic mass is 10.1. The van der Waals surface area contributed by atoms with Crippen molar-refractivity contribution < 1.29 is 9.90 Å². The van der Waals surface area contributed by atoms with Crippen LogP contribution < -0.4 is 5.32 Å². The molecule has 0 aliphatic carbocycles. The van der Waals surface area contributed by atoms with E-state index in [0.29, 0.717) is 11.9 Å². The lowest BCUT2D eigenvalue weighted by Crippen LogP contribution is -2.27. The smallest absolute Gasteiger partial charge is 0.339 e. The number of aryl methyl sites for hydroxylation is 2. The highest BCUT2D eigenvalue weighted by Gasteiger charge is 2.15. The number of nitrogens with zero attached hydrogens (tertiary/aromatic N) is 2. The minimum Gasteiger partial charge on any atom is -0.478 e. The lowest BCUT2D eigenvalue weighted by Gasteiger charge is -2.20. The minimum atomic E-state index is -0.929. The number of anilines is 1. The Kier molecular flexibility index (Phi) is 6.62. The van der Waals surface area contributed by atoms with Gasteiger partial charge in [-0.3, -0.25) is 0 Å². The first kappa shape index (κ1) is 17.4. The third-order valence-electron chi connectivity index (χ3n) is 3.67. The van der Waals surface area contributed by atoms with Gasteiger partial charge in [-0.1, -0.05) is 0 Å². The van der Waals surface area contributed by atoms with Gasteiger partial charge in [0.25, 0.3) is 0 Å². The first-order chi connectivity index (χ1) is 9.82. The summed E-state index contributed by atoms with van der Waals surface area (Å²) in [7, 11) is 2.12. The fourth-order valence-electron chi connectivity index (χ4n) is 2.19. The van der Waals surface area contributed by atoms with Crippen molar-refractivity contribution in [2.75, 3.05) is 25.5 Å². The van der Waals surface area contributed by atoms with Crippen LogP contribution in [-0.4, -0.2) is 47.1 Å². The van der Waals surface area contributed by atoms with Crippen LogP contribution in [0.5, 0.6) is 0 Å². The lowest BCUT2D eigenvalue weighted by molar-refractivity contribution is 0.0697. The van der Waals surface area contributed by atoms with Gasteiger partial charge in [-0.25, -0.2) is 9.78 Å². The Balaban J connectivity index is 2.54. The van der Waals surface area contributed by atoms with Crippen LogP contribution in [-0.2, 0) is 0 Å². The number of pyridine rings is 1. The molecule has 0 atom stereocenters. The third kappa shape index (κ3) is 5.34. The minimum absolute atomic E-state index is 0.278. The second-order valence-corrected chi connectivity index (χ2v) is 5.82. The van der Waals surface area contributed by atoms with Crippen molar-refractivity contribution in [3.8, 4) is 0 Å². The summed E-state index contributed by atoms with van der Waals surface area (Å²) < 4.78 is 0. The van der Waals surface area contributed by atoms with Gasteiger partial charge in [0.15, 0.2) is 0 Å². The number of hydrogen-bond donors (Lipinski definition) is 2. The topological polar surface area (TPSA) is 65.5 Å². The Bertz CT molecular complexity index is 487. The third-order valence-corrected chi connectivity index (χ3v) is 3.67. The number of carbonyl (C=O) groups is 1. The molecule has 0 amide bonds. The van der Waals surface area contributed by atoms with E-state index in [-0.39, 0.29) is 5.56 Å². The van der Waals surface area contributed by atoms with Crippen molar-refractivity contribution in [1.29, 1.82) is 0 Å². The van der Waals surface area contributed by atoms with Gasteiger partial charge in [0, 0.05) is 18.3 Å². The second kappa shape index (κ2) is 7.98. The summed E-state index contributed by atoms with van der Waals surface area (Å²) in [5, 5.41) is 12.5. The van der Waals surface area contributed by atoms with Gasteiger partial charge >= 0.3 is 5.97 Å². The van der Waals surface area contributed by atoms with E-state index >= 15 is 0 Å². The molecule has 2 N–H and O–H groups in total. The first-order valence-electron chi connectivity index (χ1n) is 7.48. The zero-order chi connectivity index (χ0) is 16.0. The Morgan fingerprint density at radius 2 is 2.05 bits per heavy atom. The average molecular weight is 293 g/mol. The summed E-state index contributed by atoms with van der Waals surface area (Å²) in [6.07, 6.45) is 2.07. The number of hydrogen-bond acceptors (Lipinski definition) is 4. The van der Waals surface area contributed by atoms with E-state index < -0.39 is 5.97 Å². The molecule has 0 radical (unpaired) electrons. The van der Waals surface area contributed by atoms with Crippen molar-refractivity contribution >= 4 is 11.8 Å². The Morgan fingerprint density at radius 1 is 1.38 bits per heavy atom. The number of unbranched alkanes of at least 4 members (excludes halogenated alkanes) is 1. The SMILES string of the molecule is Cc1cc(C)c(C(=O)O)c(NCCCCN(C)C(C)C)n1. The molecule has 1 rings (SSSR count). The molecule has 1 heterocycles. The molecule has 1 aromatic rings. The molecule has 0 unspecified atom stereocenters. The molecule has 0 fully saturated rings. The molecule has 0 bridgehead atoms. The van der Waals surface area contributed by atoms with Gasteiger partial charge in [-0.15, -0.1) is 0 Å². The summed E-state index contributed by atoms with van der Waals surface area (Å²) in [4.78, 5) is 17.9. The standard InChI is InChI=1S/C16H27N3O2/c1-11(2)19(5)9-7-6-8-17-15-14(16(20)21)12(3)10-13(4)18-15/h10-11H,6-9H2,1-5H3,(H,17,18)(H,20,21). The van der Waals surface area contributed by atoms with Gasteiger partial charge in [-0.05, 0) is 65.8 Å².